The predicted molar refractivity (Wildman–Crippen MR) is 98.0 cm³/mol. The zero-order chi connectivity index (χ0) is 18.2. The van der Waals surface area contributed by atoms with E-state index in [9.17, 15) is 4.79 Å². The predicted octanol–water partition coefficient (Wildman–Crippen LogP) is 2.31. The molecule has 0 bridgehead atoms. The maximum atomic E-state index is 12.9. The van der Waals surface area contributed by atoms with Crippen molar-refractivity contribution in [2.45, 2.75) is 57.6 Å². The fourth-order valence-electron chi connectivity index (χ4n) is 3.32. The first kappa shape index (κ1) is 18.4. The molecule has 0 spiro atoms. The molecule has 1 saturated heterocycles. The molecule has 1 aliphatic carbocycles. The number of ether oxygens (including phenoxy) is 1. The molecular formula is C19H32N4O2. The maximum Gasteiger partial charge on any atom is 0.274 e. The van der Waals surface area contributed by atoms with E-state index in [0.29, 0.717) is 24.8 Å². The van der Waals surface area contributed by atoms with E-state index < -0.39 is 0 Å². The van der Waals surface area contributed by atoms with Gasteiger partial charge in [-0.15, -0.1) is 0 Å². The quantitative estimate of drug-likeness (QED) is 0.792. The van der Waals surface area contributed by atoms with Gasteiger partial charge in [0.2, 0.25) is 0 Å². The summed E-state index contributed by atoms with van der Waals surface area (Å²) < 4.78 is 7.95. The van der Waals surface area contributed by atoms with Crippen LogP contribution in [0.4, 0.5) is 0 Å². The normalized spacial score (nSPS) is 21.4. The van der Waals surface area contributed by atoms with Gasteiger partial charge < -0.3 is 14.5 Å². The van der Waals surface area contributed by atoms with Crippen molar-refractivity contribution >= 4 is 5.91 Å². The van der Waals surface area contributed by atoms with Crippen molar-refractivity contribution in [2.75, 3.05) is 40.3 Å². The molecular weight excluding hydrogens is 316 g/mol. The Morgan fingerprint density at radius 3 is 2.64 bits per heavy atom. The molecule has 0 unspecified atom stereocenters. The van der Waals surface area contributed by atoms with Crippen LogP contribution in [0.5, 0.6) is 0 Å². The summed E-state index contributed by atoms with van der Waals surface area (Å²) in [6.07, 6.45) is 3.48. The van der Waals surface area contributed by atoms with Crippen LogP contribution in [0.25, 0.3) is 0 Å². The molecule has 0 radical (unpaired) electrons. The van der Waals surface area contributed by atoms with Crippen LogP contribution >= 0.6 is 0 Å². The lowest BCUT2D eigenvalue weighted by Gasteiger charge is -2.22. The maximum absolute atomic E-state index is 12.9. The van der Waals surface area contributed by atoms with Crippen molar-refractivity contribution in [3.8, 4) is 0 Å². The van der Waals surface area contributed by atoms with E-state index >= 15 is 0 Å². The molecule has 25 heavy (non-hydrogen) atoms. The van der Waals surface area contributed by atoms with Crippen molar-refractivity contribution in [1.29, 1.82) is 0 Å². The smallest absolute Gasteiger partial charge is 0.274 e. The number of carbonyl (C=O) groups excluding carboxylic acids is 1. The number of hydrogen-bond donors (Lipinski definition) is 0. The molecule has 1 aromatic rings. The minimum absolute atomic E-state index is 0.0450. The van der Waals surface area contributed by atoms with E-state index in [1.165, 1.54) is 18.5 Å². The molecule has 2 fully saturated rings. The molecule has 2 aliphatic rings. The standard InChI is InChI=1S/C19H32N4O2/c1-19(2,3)23-17(14-6-7-14)12-16(20-23)18(24)22-9-8-15(13-22)25-11-10-21(4)5/h12,14-15H,6-11,13H2,1-5H3/t15-/m1/s1. The zero-order valence-electron chi connectivity index (χ0n) is 16.3. The Kier molecular flexibility index (Phi) is 5.21. The van der Waals surface area contributed by atoms with Crippen LogP contribution in [-0.2, 0) is 10.3 Å². The number of aromatic nitrogens is 2. The summed E-state index contributed by atoms with van der Waals surface area (Å²) in [6.45, 7) is 9.48. The number of nitrogens with zero attached hydrogens (tertiary/aromatic N) is 4. The van der Waals surface area contributed by atoms with E-state index in [-0.39, 0.29) is 17.6 Å². The second-order valence-corrected chi connectivity index (χ2v) is 8.65. The third kappa shape index (κ3) is 4.42. The van der Waals surface area contributed by atoms with E-state index in [4.69, 9.17) is 4.74 Å². The first-order valence-electron chi connectivity index (χ1n) is 9.42. The highest BCUT2D eigenvalue weighted by Gasteiger charge is 2.34. The highest BCUT2D eigenvalue weighted by Crippen LogP contribution is 2.41. The van der Waals surface area contributed by atoms with Gasteiger partial charge in [-0.1, -0.05) is 0 Å². The first-order valence-corrected chi connectivity index (χ1v) is 9.42. The summed E-state index contributed by atoms with van der Waals surface area (Å²) in [5.41, 5.74) is 1.71. The van der Waals surface area contributed by atoms with Crippen LogP contribution in [0.15, 0.2) is 6.07 Å². The molecule has 6 heteroatoms. The second-order valence-electron chi connectivity index (χ2n) is 8.65. The van der Waals surface area contributed by atoms with E-state index in [1.807, 2.05) is 25.1 Å². The first-order chi connectivity index (χ1) is 11.8. The lowest BCUT2D eigenvalue weighted by Crippen LogP contribution is -2.32. The summed E-state index contributed by atoms with van der Waals surface area (Å²) >= 11 is 0. The number of likely N-dealkylation sites (N-methyl/N-ethyl adjacent to an activating group) is 1. The average Bonchev–Trinajstić information content (AvgIpc) is 3.09. The fraction of sp³-hybridized carbons (Fsp3) is 0.789. The molecule has 1 saturated carbocycles. The zero-order valence-corrected chi connectivity index (χ0v) is 16.3. The van der Waals surface area contributed by atoms with Crippen LogP contribution in [0.3, 0.4) is 0 Å². The molecule has 1 amide bonds. The van der Waals surface area contributed by atoms with Gasteiger partial charge in [-0.05, 0) is 60.2 Å². The van der Waals surface area contributed by atoms with Gasteiger partial charge in [0.15, 0.2) is 5.69 Å². The molecule has 0 aromatic carbocycles. The molecule has 1 aliphatic heterocycles. The van der Waals surface area contributed by atoms with Crippen LogP contribution in [0.1, 0.15) is 62.1 Å². The van der Waals surface area contributed by atoms with E-state index in [1.54, 1.807) is 0 Å². The number of rotatable bonds is 6. The highest BCUT2D eigenvalue weighted by atomic mass is 16.5. The van der Waals surface area contributed by atoms with Gasteiger partial charge in [-0.25, -0.2) is 0 Å². The van der Waals surface area contributed by atoms with Crippen LogP contribution in [0, 0.1) is 0 Å². The Balaban J connectivity index is 1.64. The van der Waals surface area contributed by atoms with Gasteiger partial charge in [0.05, 0.1) is 18.2 Å². The van der Waals surface area contributed by atoms with Crippen molar-refractivity contribution in [2.24, 2.45) is 0 Å². The lowest BCUT2D eigenvalue weighted by molar-refractivity contribution is 0.0463. The molecule has 6 nitrogen and oxygen atoms in total. The molecule has 1 aromatic heterocycles. The average molecular weight is 348 g/mol. The summed E-state index contributed by atoms with van der Waals surface area (Å²) in [4.78, 5) is 16.9. The summed E-state index contributed by atoms with van der Waals surface area (Å²) in [5, 5.41) is 4.68. The van der Waals surface area contributed by atoms with Crippen LogP contribution in [0.2, 0.25) is 0 Å². The number of hydrogen-bond acceptors (Lipinski definition) is 4. The summed E-state index contributed by atoms with van der Waals surface area (Å²) in [5.74, 6) is 0.623. The topological polar surface area (TPSA) is 50.6 Å². The van der Waals surface area contributed by atoms with Gasteiger partial charge in [-0.2, -0.15) is 5.10 Å². The van der Waals surface area contributed by atoms with Crippen LogP contribution in [-0.4, -0.2) is 71.9 Å². The number of likely N-dealkylation sites (tertiary alicyclic amines) is 1. The fourth-order valence-corrected chi connectivity index (χ4v) is 3.32. The molecule has 0 N–H and O–H groups in total. The van der Waals surface area contributed by atoms with Crippen molar-refractivity contribution in [3.63, 3.8) is 0 Å². The van der Waals surface area contributed by atoms with Gasteiger partial charge >= 0.3 is 0 Å². The Morgan fingerprint density at radius 2 is 2.04 bits per heavy atom. The van der Waals surface area contributed by atoms with E-state index in [2.05, 4.69) is 35.5 Å². The Labute approximate surface area is 151 Å². The highest BCUT2D eigenvalue weighted by molar-refractivity contribution is 5.92. The van der Waals surface area contributed by atoms with E-state index in [0.717, 1.165) is 19.5 Å². The Morgan fingerprint density at radius 1 is 1.32 bits per heavy atom. The summed E-state index contributed by atoms with van der Waals surface area (Å²) in [7, 11) is 4.08. The second kappa shape index (κ2) is 7.08. The Hall–Kier alpha value is -1.40. The third-order valence-corrected chi connectivity index (χ3v) is 4.91. The van der Waals surface area contributed by atoms with Gasteiger partial charge in [0.25, 0.3) is 5.91 Å². The summed E-state index contributed by atoms with van der Waals surface area (Å²) in [6, 6.07) is 2.02. The molecule has 140 valence electrons. The van der Waals surface area contributed by atoms with Gasteiger partial charge in [0.1, 0.15) is 0 Å². The molecule has 2 heterocycles. The third-order valence-electron chi connectivity index (χ3n) is 4.91. The SMILES string of the molecule is CN(C)CCO[C@@H]1CCN(C(=O)c2cc(C3CC3)n(C(C)(C)C)n2)C1. The van der Waals surface area contributed by atoms with Crippen molar-refractivity contribution in [3.05, 3.63) is 17.5 Å². The molecule has 3 rings (SSSR count). The molecule has 1 atom stereocenters. The minimum Gasteiger partial charge on any atom is -0.375 e. The van der Waals surface area contributed by atoms with Crippen LogP contribution < -0.4 is 0 Å². The largest absolute Gasteiger partial charge is 0.375 e. The van der Waals surface area contributed by atoms with Crippen molar-refractivity contribution < 1.29 is 9.53 Å². The Bertz CT molecular complexity index is 613. The lowest BCUT2D eigenvalue weighted by atomic mass is 10.1. The number of amides is 1. The van der Waals surface area contributed by atoms with Gasteiger partial charge in [-0.3, -0.25) is 9.48 Å². The number of carbonyl (C=O) groups is 1. The minimum atomic E-state index is -0.0979. The van der Waals surface area contributed by atoms with Gasteiger partial charge in [0, 0.05) is 31.2 Å². The van der Waals surface area contributed by atoms with Crippen molar-refractivity contribution in [1.82, 2.24) is 19.6 Å². The monoisotopic (exact) mass is 348 g/mol.